The minimum atomic E-state index is 0.124. The smallest absolute Gasteiger partial charge is 0.225 e. The average molecular weight is 221 g/mol. The third-order valence-corrected chi connectivity index (χ3v) is 2.46. The molecule has 0 radical (unpaired) electrons. The molecule has 5 heteroatoms. The molecule has 0 aliphatic carbocycles. The van der Waals surface area contributed by atoms with Gasteiger partial charge in [-0.25, -0.2) is 9.97 Å². The lowest BCUT2D eigenvalue weighted by molar-refractivity contribution is 0.686. The Bertz CT molecular complexity index is 368. The van der Waals surface area contributed by atoms with Crippen LogP contribution in [0.4, 0.5) is 5.95 Å². The fraction of sp³-hybridized carbons (Fsp3) is 0.545. The Morgan fingerprint density at radius 2 is 1.94 bits per heavy atom. The van der Waals surface area contributed by atoms with Crippen molar-refractivity contribution in [1.29, 1.82) is 5.41 Å². The Balaban J connectivity index is 2.86. The molecule has 1 aromatic heterocycles. The number of aromatic nitrogens is 2. The highest BCUT2D eigenvalue weighted by Crippen LogP contribution is 2.12. The summed E-state index contributed by atoms with van der Waals surface area (Å²) in [5, 5.41) is 7.28. The molecule has 1 atom stereocenters. The molecule has 1 rings (SSSR count). The van der Waals surface area contributed by atoms with E-state index in [-0.39, 0.29) is 11.9 Å². The number of hydrogen-bond acceptors (Lipinski definition) is 4. The highest BCUT2D eigenvalue weighted by atomic mass is 15.2. The predicted molar refractivity (Wildman–Crippen MR) is 65.9 cm³/mol. The third-order valence-electron chi connectivity index (χ3n) is 2.46. The van der Waals surface area contributed by atoms with Gasteiger partial charge in [-0.05, 0) is 26.8 Å². The van der Waals surface area contributed by atoms with Crippen molar-refractivity contribution in [3.8, 4) is 0 Å². The molecule has 0 amide bonds. The summed E-state index contributed by atoms with van der Waals surface area (Å²) in [7, 11) is 1.92. The molecular formula is C11H19N5. The van der Waals surface area contributed by atoms with Crippen LogP contribution in [-0.2, 0) is 0 Å². The van der Waals surface area contributed by atoms with Crippen molar-refractivity contribution in [2.45, 2.75) is 33.2 Å². The molecule has 0 saturated carbocycles. The van der Waals surface area contributed by atoms with Gasteiger partial charge in [0.15, 0.2) is 0 Å². The molecule has 0 spiro atoms. The molecule has 1 aromatic rings. The van der Waals surface area contributed by atoms with Crippen molar-refractivity contribution in [2.75, 3.05) is 11.9 Å². The number of nitrogens with two attached hydrogens (primary N) is 1. The summed E-state index contributed by atoms with van der Waals surface area (Å²) in [4.78, 5) is 10.7. The van der Waals surface area contributed by atoms with Crippen molar-refractivity contribution in [1.82, 2.24) is 9.97 Å². The minimum Gasteiger partial charge on any atom is -0.388 e. The second-order valence-electron chi connectivity index (χ2n) is 4.14. The van der Waals surface area contributed by atoms with Crippen LogP contribution in [0.5, 0.6) is 0 Å². The molecule has 5 nitrogen and oxygen atoms in total. The van der Waals surface area contributed by atoms with E-state index in [0.29, 0.717) is 12.4 Å². The standard InChI is InChI=1S/C11H19N5/c1-7-5-8(2)15-11(14-7)16(4)9(3)6-10(12)13/h5,9H,6H2,1-4H3,(H3,12,13). The second-order valence-corrected chi connectivity index (χ2v) is 4.14. The topological polar surface area (TPSA) is 78.9 Å². The van der Waals surface area contributed by atoms with E-state index in [0.717, 1.165) is 11.4 Å². The molecule has 3 N–H and O–H groups in total. The zero-order chi connectivity index (χ0) is 12.3. The Kier molecular flexibility index (Phi) is 3.82. The SMILES string of the molecule is Cc1cc(C)nc(N(C)C(C)CC(=N)N)n1. The summed E-state index contributed by atoms with van der Waals surface area (Å²) in [5.41, 5.74) is 7.28. The summed E-state index contributed by atoms with van der Waals surface area (Å²) >= 11 is 0. The van der Waals surface area contributed by atoms with E-state index >= 15 is 0 Å². The lowest BCUT2D eigenvalue weighted by Crippen LogP contribution is -2.34. The Labute approximate surface area is 96.2 Å². The molecule has 0 saturated heterocycles. The number of nitrogens with one attached hydrogen (secondary N) is 1. The van der Waals surface area contributed by atoms with Crippen molar-refractivity contribution in [2.24, 2.45) is 5.73 Å². The maximum absolute atomic E-state index is 7.28. The number of nitrogens with zero attached hydrogens (tertiary/aromatic N) is 3. The molecule has 16 heavy (non-hydrogen) atoms. The first kappa shape index (κ1) is 12.4. The fourth-order valence-electron chi connectivity index (χ4n) is 1.52. The van der Waals surface area contributed by atoms with Crippen LogP contribution in [0.2, 0.25) is 0 Å². The van der Waals surface area contributed by atoms with Crippen LogP contribution in [0, 0.1) is 19.3 Å². The number of aryl methyl sites for hydroxylation is 2. The van der Waals surface area contributed by atoms with Gasteiger partial charge in [-0.15, -0.1) is 0 Å². The van der Waals surface area contributed by atoms with Gasteiger partial charge in [-0.1, -0.05) is 0 Å². The molecule has 0 fully saturated rings. The van der Waals surface area contributed by atoms with E-state index in [1.807, 2.05) is 38.8 Å². The molecule has 88 valence electrons. The van der Waals surface area contributed by atoms with Gasteiger partial charge in [0, 0.05) is 30.9 Å². The van der Waals surface area contributed by atoms with E-state index in [9.17, 15) is 0 Å². The highest BCUT2D eigenvalue weighted by Gasteiger charge is 2.14. The van der Waals surface area contributed by atoms with Gasteiger partial charge in [-0.2, -0.15) is 0 Å². The summed E-state index contributed by atoms with van der Waals surface area (Å²) < 4.78 is 0. The predicted octanol–water partition coefficient (Wildman–Crippen LogP) is 1.24. The first-order valence-corrected chi connectivity index (χ1v) is 5.28. The highest BCUT2D eigenvalue weighted by molar-refractivity contribution is 5.77. The largest absolute Gasteiger partial charge is 0.388 e. The van der Waals surface area contributed by atoms with Crippen LogP contribution in [0.1, 0.15) is 24.7 Å². The van der Waals surface area contributed by atoms with E-state index in [4.69, 9.17) is 11.1 Å². The number of anilines is 1. The lowest BCUT2D eigenvalue weighted by Gasteiger charge is -2.24. The Hall–Kier alpha value is -1.65. The van der Waals surface area contributed by atoms with Crippen LogP contribution >= 0.6 is 0 Å². The molecule has 0 aromatic carbocycles. The molecule has 0 bridgehead atoms. The summed E-state index contributed by atoms with van der Waals surface area (Å²) in [6.07, 6.45) is 0.521. The first-order chi connectivity index (χ1) is 7.40. The third kappa shape index (κ3) is 3.18. The van der Waals surface area contributed by atoms with Crippen LogP contribution in [-0.4, -0.2) is 28.9 Å². The molecule has 0 aliphatic heterocycles. The van der Waals surface area contributed by atoms with Gasteiger partial charge in [0.25, 0.3) is 0 Å². The van der Waals surface area contributed by atoms with Crippen molar-refractivity contribution in [3.05, 3.63) is 17.5 Å². The molecule has 0 aliphatic rings. The van der Waals surface area contributed by atoms with Gasteiger partial charge in [-0.3, -0.25) is 5.41 Å². The summed E-state index contributed by atoms with van der Waals surface area (Å²) in [6, 6.07) is 2.06. The van der Waals surface area contributed by atoms with Gasteiger partial charge >= 0.3 is 0 Å². The summed E-state index contributed by atoms with van der Waals surface area (Å²) in [5.74, 6) is 0.870. The number of amidine groups is 1. The van der Waals surface area contributed by atoms with E-state index in [1.165, 1.54) is 0 Å². The minimum absolute atomic E-state index is 0.124. The Morgan fingerprint density at radius 3 is 2.38 bits per heavy atom. The second kappa shape index (κ2) is 4.92. The number of rotatable bonds is 4. The average Bonchev–Trinajstić information content (AvgIpc) is 2.13. The fourth-order valence-corrected chi connectivity index (χ4v) is 1.52. The lowest BCUT2D eigenvalue weighted by atomic mass is 10.2. The van der Waals surface area contributed by atoms with Crippen LogP contribution in [0.15, 0.2) is 6.07 Å². The van der Waals surface area contributed by atoms with Gasteiger partial charge in [0.1, 0.15) is 0 Å². The van der Waals surface area contributed by atoms with Crippen LogP contribution in [0.25, 0.3) is 0 Å². The normalized spacial score (nSPS) is 12.2. The molecule has 1 heterocycles. The molecular weight excluding hydrogens is 202 g/mol. The van der Waals surface area contributed by atoms with Gasteiger partial charge in [0.2, 0.25) is 5.95 Å². The van der Waals surface area contributed by atoms with Crippen LogP contribution < -0.4 is 10.6 Å². The monoisotopic (exact) mass is 221 g/mol. The Morgan fingerprint density at radius 1 is 1.44 bits per heavy atom. The van der Waals surface area contributed by atoms with E-state index < -0.39 is 0 Å². The molecule has 1 unspecified atom stereocenters. The van der Waals surface area contributed by atoms with Gasteiger partial charge < -0.3 is 10.6 Å². The van der Waals surface area contributed by atoms with E-state index in [1.54, 1.807) is 0 Å². The van der Waals surface area contributed by atoms with Crippen molar-refractivity contribution < 1.29 is 0 Å². The maximum Gasteiger partial charge on any atom is 0.225 e. The van der Waals surface area contributed by atoms with Gasteiger partial charge in [0.05, 0.1) is 5.84 Å². The quantitative estimate of drug-likeness (QED) is 0.592. The van der Waals surface area contributed by atoms with E-state index in [2.05, 4.69) is 9.97 Å². The summed E-state index contributed by atoms with van der Waals surface area (Å²) in [6.45, 7) is 5.89. The van der Waals surface area contributed by atoms with Crippen molar-refractivity contribution in [3.63, 3.8) is 0 Å². The first-order valence-electron chi connectivity index (χ1n) is 5.28. The zero-order valence-corrected chi connectivity index (χ0v) is 10.3. The van der Waals surface area contributed by atoms with Crippen molar-refractivity contribution >= 4 is 11.8 Å². The van der Waals surface area contributed by atoms with Crippen LogP contribution in [0.3, 0.4) is 0 Å². The number of hydrogen-bond donors (Lipinski definition) is 2. The maximum atomic E-state index is 7.28. The zero-order valence-electron chi connectivity index (χ0n) is 10.3.